The highest BCUT2D eigenvalue weighted by Crippen LogP contribution is 2.47. The summed E-state index contributed by atoms with van der Waals surface area (Å²) in [6.45, 7) is 0. The van der Waals surface area contributed by atoms with Crippen LogP contribution in [0.3, 0.4) is 0 Å². The Morgan fingerprint density at radius 2 is 1.86 bits per heavy atom. The minimum Gasteiger partial charge on any atom is -0.271 e. The van der Waals surface area contributed by atoms with Crippen molar-refractivity contribution >= 4 is 11.8 Å². The molecule has 1 aromatic carbocycles. The maximum atomic E-state index is 13.0. The highest BCUT2D eigenvalue weighted by atomic mass is 19.1. The Hall–Kier alpha value is -2.23. The second-order valence-corrected chi connectivity index (χ2v) is 5.77. The van der Waals surface area contributed by atoms with E-state index in [9.17, 15) is 14.0 Å². The summed E-state index contributed by atoms with van der Waals surface area (Å²) >= 11 is 0. The van der Waals surface area contributed by atoms with Crippen molar-refractivity contribution in [3.05, 3.63) is 58.9 Å². The molecule has 0 N–H and O–H groups in total. The highest BCUT2D eigenvalue weighted by Gasteiger charge is 2.51. The molecule has 2 amide bonds. The van der Waals surface area contributed by atoms with Crippen molar-refractivity contribution in [2.24, 2.45) is 0 Å². The molecule has 106 valence electrons. The van der Waals surface area contributed by atoms with Gasteiger partial charge in [-0.05, 0) is 37.0 Å². The van der Waals surface area contributed by atoms with Crippen molar-refractivity contribution in [1.29, 1.82) is 0 Å². The van der Waals surface area contributed by atoms with Gasteiger partial charge in [0, 0.05) is 23.1 Å². The highest BCUT2D eigenvalue weighted by molar-refractivity contribution is 6.21. The smallest absolute Gasteiger partial charge is 0.261 e. The first kappa shape index (κ1) is 12.5. The van der Waals surface area contributed by atoms with Crippen LogP contribution in [0.25, 0.3) is 0 Å². The molecular weight excluding hydrogens is 269 g/mol. The topological polar surface area (TPSA) is 37.4 Å². The quantitative estimate of drug-likeness (QED) is 0.783. The standard InChI is InChI=1S/C17H14FNO2/c18-11-7-5-10(6-8-11)14-9-15(14)19-16(20)12-3-1-2-4-13(12)17(19)21/h1,3,5-8,14-15H,2,4,9H2/t14-,15-/m1/s1. The Kier molecular flexibility index (Phi) is 2.61. The third kappa shape index (κ3) is 1.86. The number of allylic oxidation sites excluding steroid dienone is 1. The molecule has 0 bridgehead atoms. The number of hydrogen-bond acceptors (Lipinski definition) is 2. The lowest BCUT2D eigenvalue weighted by molar-refractivity contribution is -0.138. The zero-order valence-corrected chi connectivity index (χ0v) is 11.4. The van der Waals surface area contributed by atoms with E-state index >= 15 is 0 Å². The van der Waals surface area contributed by atoms with Crippen molar-refractivity contribution < 1.29 is 14.0 Å². The first-order chi connectivity index (χ1) is 10.2. The number of carbonyl (C=O) groups is 2. The molecule has 1 aromatic rings. The van der Waals surface area contributed by atoms with Crippen LogP contribution in [0.4, 0.5) is 4.39 Å². The molecule has 21 heavy (non-hydrogen) atoms. The van der Waals surface area contributed by atoms with E-state index in [0.29, 0.717) is 17.6 Å². The Morgan fingerprint density at radius 3 is 2.57 bits per heavy atom. The van der Waals surface area contributed by atoms with Gasteiger partial charge in [-0.15, -0.1) is 0 Å². The lowest BCUT2D eigenvalue weighted by Gasteiger charge is -2.15. The monoisotopic (exact) mass is 283 g/mol. The van der Waals surface area contributed by atoms with Gasteiger partial charge in [-0.3, -0.25) is 14.5 Å². The first-order valence-electron chi connectivity index (χ1n) is 7.20. The first-order valence-corrected chi connectivity index (χ1v) is 7.20. The fourth-order valence-corrected chi connectivity index (χ4v) is 3.29. The summed E-state index contributed by atoms with van der Waals surface area (Å²) in [5.41, 5.74) is 2.21. The Balaban J connectivity index is 1.57. The Bertz CT molecular complexity index is 702. The molecule has 1 fully saturated rings. The zero-order valence-electron chi connectivity index (χ0n) is 11.4. The molecule has 0 spiro atoms. The predicted octanol–water partition coefficient (Wildman–Crippen LogP) is 2.70. The predicted molar refractivity (Wildman–Crippen MR) is 74.8 cm³/mol. The second kappa shape index (κ2) is 4.38. The van der Waals surface area contributed by atoms with E-state index in [1.807, 2.05) is 6.08 Å². The number of nitrogens with zero attached hydrogens (tertiary/aromatic N) is 1. The van der Waals surface area contributed by atoms with Crippen molar-refractivity contribution in [1.82, 2.24) is 4.90 Å². The van der Waals surface area contributed by atoms with Crippen LogP contribution in [-0.4, -0.2) is 22.8 Å². The number of benzene rings is 1. The van der Waals surface area contributed by atoms with Gasteiger partial charge in [0.1, 0.15) is 5.82 Å². The van der Waals surface area contributed by atoms with Gasteiger partial charge < -0.3 is 0 Å². The summed E-state index contributed by atoms with van der Waals surface area (Å²) < 4.78 is 13.0. The molecule has 0 saturated heterocycles. The molecule has 0 aromatic heterocycles. The van der Waals surface area contributed by atoms with Crippen LogP contribution >= 0.6 is 0 Å². The minimum absolute atomic E-state index is 0.0746. The van der Waals surface area contributed by atoms with Crippen molar-refractivity contribution in [3.8, 4) is 0 Å². The normalized spacial score (nSPS) is 27.4. The molecule has 1 saturated carbocycles. The maximum Gasteiger partial charge on any atom is 0.261 e. The number of imide groups is 1. The van der Waals surface area contributed by atoms with E-state index in [-0.39, 0.29) is 29.6 Å². The fraction of sp³-hybridized carbons (Fsp3) is 0.294. The lowest BCUT2D eigenvalue weighted by atomic mass is 10.00. The third-order valence-corrected chi connectivity index (χ3v) is 4.48. The molecule has 0 unspecified atom stereocenters. The Morgan fingerprint density at radius 1 is 1.10 bits per heavy atom. The summed E-state index contributed by atoms with van der Waals surface area (Å²) in [6.07, 6.45) is 5.96. The molecule has 2 atom stereocenters. The van der Waals surface area contributed by atoms with Crippen molar-refractivity contribution in [2.75, 3.05) is 0 Å². The van der Waals surface area contributed by atoms with Gasteiger partial charge in [0.2, 0.25) is 0 Å². The van der Waals surface area contributed by atoms with Crippen LogP contribution in [0.1, 0.15) is 30.7 Å². The van der Waals surface area contributed by atoms with Crippen LogP contribution in [0.15, 0.2) is 47.6 Å². The fourth-order valence-electron chi connectivity index (χ4n) is 3.29. The van der Waals surface area contributed by atoms with Crippen LogP contribution in [0.2, 0.25) is 0 Å². The van der Waals surface area contributed by atoms with Crippen LogP contribution in [0, 0.1) is 5.82 Å². The summed E-state index contributed by atoms with van der Waals surface area (Å²) in [5.74, 6) is -0.426. The number of hydrogen-bond donors (Lipinski definition) is 0. The molecule has 1 heterocycles. The molecule has 0 radical (unpaired) electrons. The van der Waals surface area contributed by atoms with Gasteiger partial charge in [0.25, 0.3) is 11.8 Å². The summed E-state index contributed by atoms with van der Waals surface area (Å²) in [5, 5.41) is 0. The van der Waals surface area contributed by atoms with E-state index in [1.165, 1.54) is 17.0 Å². The number of carbonyl (C=O) groups excluding carboxylic acids is 2. The molecule has 3 aliphatic rings. The van der Waals surface area contributed by atoms with Gasteiger partial charge >= 0.3 is 0 Å². The van der Waals surface area contributed by atoms with E-state index < -0.39 is 0 Å². The van der Waals surface area contributed by atoms with Gasteiger partial charge in [0.05, 0.1) is 0 Å². The molecule has 3 nitrogen and oxygen atoms in total. The molecule has 2 aliphatic carbocycles. The number of amides is 2. The van der Waals surface area contributed by atoms with Crippen molar-refractivity contribution in [3.63, 3.8) is 0 Å². The van der Waals surface area contributed by atoms with E-state index in [4.69, 9.17) is 0 Å². The van der Waals surface area contributed by atoms with E-state index in [0.717, 1.165) is 18.4 Å². The van der Waals surface area contributed by atoms with E-state index in [1.54, 1.807) is 18.2 Å². The zero-order chi connectivity index (χ0) is 14.6. The molecule has 1 aliphatic heterocycles. The number of rotatable bonds is 2. The summed E-state index contributed by atoms with van der Waals surface area (Å²) in [6, 6.07) is 6.24. The number of halogens is 1. The van der Waals surface area contributed by atoms with Gasteiger partial charge in [0.15, 0.2) is 0 Å². The minimum atomic E-state index is -0.272. The van der Waals surface area contributed by atoms with Gasteiger partial charge in [-0.2, -0.15) is 0 Å². The Labute approximate surface area is 121 Å². The van der Waals surface area contributed by atoms with Crippen molar-refractivity contribution in [2.45, 2.75) is 31.2 Å². The van der Waals surface area contributed by atoms with Gasteiger partial charge in [-0.1, -0.05) is 24.3 Å². The largest absolute Gasteiger partial charge is 0.271 e. The second-order valence-electron chi connectivity index (χ2n) is 5.77. The van der Waals surface area contributed by atoms with Crippen LogP contribution in [0.5, 0.6) is 0 Å². The third-order valence-electron chi connectivity index (χ3n) is 4.48. The van der Waals surface area contributed by atoms with Gasteiger partial charge in [-0.25, -0.2) is 4.39 Å². The molecular formula is C17H14FNO2. The maximum absolute atomic E-state index is 13.0. The average molecular weight is 283 g/mol. The van der Waals surface area contributed by atoms with E-state index in [2.05, 4.69) is 0 Å². The van der Waals surface area contributed by atoms with Crippen LogP contribution < -0.4 is 0 Å². The average Bonchev–Trinajstić information content (AvgIpc) is 3.23. The molecule has 4 heteroatoms. The summed E-state index contributed by atoms with van der Waals surface area (Å²) in [7, 11) is 0. The van der Waals surface area contributed by atoms with Crippen LogP contribution in [-0.2, 0) is 9.59 Å². The SMILES string of the molecule is O=C1C2=C(CCC=C2)C(=O)N1[C@@H]1C[C@@H]1c1ccc(F)cc1. The molecule has 4 rings (SSSR count). The lowest BCUT2D eigenvalue weighted by Crippen LogP contribution is -2.34. The summed E-state index contributed by atoms with van der Waals surface area (Å²) in [4.78, 5) is 26.2.